The Morgan fingerprint density at radius 1 is 1.35 bits per heavy atom. The van der Waals surface area contributed by atoms with Crippen molar-refractivity contribution in [2.45, 2.75) is 13.1 Å². The van der Waals surface area contributed by atoms with E-state index in [4.69, 9.17) is 0 Å². The van der Waals surface area contributed by atoms with Crippen LogP contribution in [0.15, 0.2) is 36.7 Å². The Labute approximate surface area is 113 Å². The summed E-state index contributed by atoms with van der Waals surface area (Å²) >= 11 is 0. The molecule has 20 heavy (non-hydrogen) atoms. The van der Waals surface area contributed by atoms with Crippen molar-refractivity contribution >= 4 is 5.91 Å². The van der Waals surface area contributed by atoms with Gasteiger partial charge in [-0.2, -0.15) is 0 Å². The van der Waals surface area contributed by atoms with Crippen molar-refractivity contribution in [2.24, 2.45) is 0 Å². The third-order valence-electron chi connectivity index (χ3n) is 2.63. The lowest BCUT2D eigenvalue weighted by molar-refractivity contribution is -0.121. The number of hydrogen-bond acceptors (Lipinski definition) is 3. The predicted octanol–water partition coefficient (Wildman–Crippen LogP) is 0.0395. The molecule has 1 heterocycles. The van der Waals surface area contributed by atoms with Gasteiger partial charge in [0.25, 0.3) is 5.91 Å². The second-order valence-electron chi connectivity index (χ2n) is 4.07. The van der Waals surface area contributed by atoms with Crippen LogP contribution in [-0.4, -0.2) is 15.5 Å². The molecule has 0 radical (unpaired) electrons. The van der Waals surface area contributed by atoms with Crippen LogP contribution in [0.5, 0.6) is 0 Å². The summed E-state index contributed by atoms with van der Waals surface area (Å²) in [5.41, 5.74) is 0.482. The van der Waals surface area contributed by atoms with Gasteiger partial charge in [-0.3, -0.25) is 9.70 Å². The second kappa shape index (κ2) is 5.91. The quantitative estimate of drug-likeness (QED) is 0.773. The molecule has 2 N–H and O–H groups in total. The van der Waals surface area contributed by atoms with Crippen LogP contribution in [0.4, 0.5) is 4.39 Å². The monoisotopic (exact) mass is 279 g/mol. The number of carbonyl (C=O) groups excluding carboxylic acids is 1. The number of halogens is 1. The summed E-state index contributed by atoms with van der Waals surface area (Å²) in [7, 11) is 0. The molecule has 2 rings (SSSR count). The average Bonchev–Trinajstić information content (AvgIpc) is 2.86. The Kier molecular flexibility index (Phi) is 4.04. The Morgan fingerprint density at radius 3 is 2.70 bits per heavy atom. The van der Waals surface area contributed by atoms with Crippen molar-refractivity contribution in [1.29, 1.82) is 0 Å². The molecule has 0 fully saturated rings. The molecule has 0 saturated heterocycles. The minimum absolute atomic E-state index is 0.166. The standard InChI is InChI=1S/C12H12FN4O3/c13-10-3-1-9(2-4-10)7-15-11(18)8-16-6-5-14-12(16)17(19)20/h1-6,14H,7-8H2,(H-,15,18,19,20)/q-1. The van der Waals surface area contributed by atoms with Crippen molar-refractivity contribution in [3.8, 4) is 0 Å². The lowest BCUT2D eigenvalue weighted by Crippen LogP contribution is -2.35. The summed E-state index contributed by atoms with van der Waals surface area (Å²) in [5.74, 6) is -0.722. The van der Waals surface area contributed by atoms with Crippen LogP contribution < -0.4 is 15.8 Å². The number of benzene rings is 1. The number of nitrogens with one attached hydrogen (secondary N) is 2. The lowest BCUT2D eigenvalue weighted by atomic mass is 10.2. The molecular weight excluding hydrogens is 267 g/mol. The zero-order valence-corrected chi connectivity index (χ0v) is 10.4. The van der Waals surface area contributed by atoms with Gasteiger partial charge in [0.2, 0.25) is 0 Å². The van der Waals surface area contributed by atoms with Crippen LogP contribution >= 0.6 is 0 Å². The maximum Gasteiger partial charge on any atom is 0.358 e. The molecule has 0 aliphatic rings. The molecule has 8 heteroatoms. The number of hydrogen-bond donors (Lipinski definition) is 2. The van der Waals surface area contributed by atoms with Gasteiger partial charge in [0.05, 0.1) is 12.4 Å². The molecule has 0 aliphatic heterocycles. The fourth-order valence-corrected chi connectivity index (χ4v) is 1.65. The molecule has 2 aromatic rings. The first-order chi connectivity index (χ1) is 9.56. The summed E-state index contributed by atoms with van der Waals surface area (Å²) in [5, 5.41) is 23.9. The molecule has 0 atom stereocenters. The van der Waals surface area contributed by atoms with Gasteiger partial charge >= 0.3 is 5.62 Å². The molecular formula is C12H12FN4O3-. The van der Waals surface area contributed by atoms with Gasteiger partial charge in [-0.05, 0) is 17.7 Å². The van der Waals surface area contributed by atoms with Crippen LogP contribution in [-0.2, 0) is 17.9 Å². The molecule has 7 nitrogen and oxygen atoms in total. The van der Waals surface area contributed by atoms with Gasteiger partial charge in [-0.15, -0.1) is 0 Å². The van der Waals surface area contributed by atoms with E-state index in [0.717, 1.165) is 5.56 Å². The van der Waals surface area contributed by atoms with Crippen LogP contribution in [0, 0.1) is 16.2 Å². The molecule has 1 aromatic carbocycles. The fourth-order valence-electron chi connectivity index (χ4n) is 1.65. The van der Waals surface area contributed by atoms with Crippen molar-refractivity contribution in [3.05, 3.63) is 64.1 Å². The number of carbonyl (C=O) groups is 1. The number of H-pyrrole nitrogens is 1. The Balaban J connectivity index is 1.95. The van der Waals surface area contributed by atoms with Crippen molar-refractivity contribution < 1.29 is 9.18 Å². The highest BCUT2D eigenvalue weighted by Gasteiger charge is 2.08. The van der Waals surface area contributed by atoms with E-state index in [1.54, 1.807) is 12.1 Å². The molecule has 0 saturated carbocycles. The Morgan fingerprint density at radius 2 is 2.05 bits per heavy atom. The van der Waals surface area contributed by atoms with Crippen molar-refractivity contribution in [1.82, 2.24) is 19.8 Å². The Bertz CT molecular complexity index is 656. The summed E-state index contributed by atoms with van der Waals surface area (Å²) in [6, 6.07) is 5.71. The molecule has 106 valence electrons. The summed E-state index contributed by atoms with van der Waals surface area (Å²) in [6.45, 7) is 0.0684. The van der Waals surface area contributed by atoms with E-state index >= 15 is 0 Å². The van der Waals surface area contributed by atoms with Gasteiger partial charge < -0.3 is 15.7 Å². The third-order valence-corrected chi connectivity index (χ3v) is 2.63. The summed E-state index contributed by atoms with van der Waals surface area (Å²) in [6.07, 6.45) is 2.79. The number of aromatic amines is 1. The minimum Gasteiger partial charge on any atom is -0.744 e. The molecule has 0 spiro atoms. The normalized spacial score (nSPS) is 10.2. The molecule has 0 aliphatic carbocycles. The maximum atomic E-state index is 12.7. The number of nitrogens with zero attached hydrogens (tertiary/aromatic N) is 2. The first-order valence-electron chi connectivity index (χ1n) is 5.78. The third kappa shape index (κ3) is 3.37. The van der Waals surface area contributed by atoms with E-state index in [-0.39, 0.29) is 30.4 Å². The number of imidazole rings is 1. The SMILES string of the molecule is O=C(Cn1cc[nH]c1=[N+]([O-])[O-])NCc1ccc(F)cc1. The van der Waals surface area contributed by atoms with Crippen molar-refractivity contribution in [2.75, 3.05) is 0 Å². The van der Waals surface area contributed by atoms with E-state index in [0.29, 0.717) is 0 Å². The van der Waals surface area contributed by atoms with Gasteiger partial charge in [0.1, 0.15) is 5.82 Å². The second-order valence-corrected chi connectivity index (χ2v) is 4.07. The average molecular weight is 279 g/mol. The van der Waals surface area contributed by atoms with E-state index < -0.39 is 4.90 Å². The molecule has 0 unspecified atom stereocenters. The minimum atomic E-state index is -0.604. The van der Waals surface area contributed by atoms with Crippen LogP contribution in [0.25, 0.3) is 0 Å². The summed E-state index contributed by atoms with van der Waals surface area (Å²) in [4.78, 5) is 13.5. The lowest BCUT2D eigenvalue weighted by Gasteiger charge is -2.12. The van der Waals surface area contributed by atoms with Gasteiger partial charge in [-0.25, -0.2) is 13.9 Å². The zero-order chi connectivity index (χ0) is 14.5. The highest BCUT2D eigenvalue weighted by Crippen LogP contribution is 2.01. The smallest absolute Gasteiger partial charge is 0.358 e. The fraction of sp³-hybridized carbons (Fsp3) is 0.167. The van der Waals surface area contributed by atoms with Gasteiger partial charge in [0.15, 0.2) is 6.54 Å². The number of amides is 1. The van der Waals surface area contributed by atoms with E-state index in [1.165, 1.54) is 29.1 Å². The highest BCUT2D eigenvalue weighted by atomic mass is 19.1. The first-order valence-corrected chi connectivity index (χ1v) is 5.78. The van der Waals surface area contributed by atoms with Crippen LogP contribution in [0.2, 0.25) is 0 Å². The predicted molar refractivity (Wildman–Crippen MR) is 69.0 cm³/mol. The first kappa shape index (κ1) is 13.7. The van der Waals surface area contributed by atoms with Crippen LogP contribution in [0.3, 0.4) is 0 Å². The van der Waals surface area contributed by atoms with Gasteiger partial charge in [-0.1, -0.05) is 12.1 Å². The van der Waals surface area contributed by atoms with E-state index in [2.05, 4.69) is 10.3 Å². The van der Waals surface area contributed by atoms with Gasteiger partial charge in [0, 0.05) is 6.54 Å². The van der Waals surface area contributed by atoms with E-state index in [1.807, 2.05) is 0 Å². The molecule has 0 bridgehead atoms. The number of rotatable bonds is 4. The highest BCUT2D eigenvalue weighted by molar-refractivity contribution is 5.75. The molecule has 1 amide bonds. The molecule has 1 aromatic heterocycles. The number of aromatic nitrogens is 2. The maximum absolute atomic E-state index is 12.7. The Hall–Kier alpha value is -2.77. The van der Waals surface area contributed by atoms with Crippen LogP contribution in [0.1, 0.15) is 5.56 Å². The van der Waals surface area contributed by atoms with Crippen molar-refractivity contribution in [3.63, 3.8) is 0 Å². The summed E-state index contributed by atoms with van der Waals surface area (Å²) < 4.78 is 13.9. The zero-order valence-electron chi connectivity index (χ0n) is 10.4. The largest absolute Gasteiger partial charge is 0.744 e. The topological polar surface area (TPSA) is 99.0 Å². The van der Waals surface area contributed by atoms with E-state index in [9.17, 15) is 19.6 Å².